The highest BCUT2D eigenvalue weighted by Gasteiger charge is 2.08. The van der Waals surface area contributed by atoms with Crippen LogP contribution >= 0.6 is 15.9 Å². The Morgan fingerprint density at radius 2 is 2.29 bits per heavy atom. The molecule has 1 N–H and O–H groups in total. The number of halogens is 2. The first-order chi connectivity index (χ1) is 8.06. The fourth-order valence-corrected chi connectivity index (χ4v) is 1.74. The lowest BCUT2D eigenvalue weighted by Crippen LogP contribution is -2.02. The molecule has 1 heterocycles. The Hall–Kier alpha value is -1.27. The maximum atomic E-state index is 13.6. The Balaban J connectivity index is 2.19. The SMILES string of the molecule is CC(O)c1cn(Cc2ccc(Br)cc2F)nn1. The van der Waals surface area contributed by atoms with Crippen molar-refractivity contribution in [2.24, 2.45) is 0 Å². The highest BCUT2D eigenvalue weighted by Crippen LogP contribution is 2.16. The maximum absolute atomic E-state index is 13.6. The van der Waals surface area contributed by atoms with Crippen LogP contribution in [0.5, 0.6) is 0 Å². The number of nitrogens with zero attached hydrogens (tertiary/aromatic N) is 3. The predicted octanol–water partition coefficient (Wildman–Crippen LogP) is 2.28. The van der Waals surface area contributed by atoms with Gasteiger partial charge < -0.3 is 5.11 Å². The first-order valence-corrected chi connectivity index (χ1v) is 5.87. The molecule has 1 unspecified atom stereocenters. The Bertz CT molecular complexity index is 527. The Morgan fingerprint density at radius 1 is 1.53 bits per heavy atom. The van der Waals surface area contributed by atoms with Crippen molar-refractivity contribution in [1.82, 2.24) is 15.0 Å². The summed E-state index contributed by atoms with van der Waals surface area (Å²) in [5.74, 6) is -0.298. The first-order valence-electron chi connectivity index (χ1n) is 5.08. The Kier molecular flexibility index (Phi) is 3.54. The molecule has 0 aliphatic rings. The molecule has 0 spiro atoms. The van der Waals surface area contributed by atoms with Crippen molar-refractivity contribution in [3.8, 4) is 0 Å². The van der Waals surface area contributed by atoms with E-state index in [1.807, 2.05) is 0 Å². The fourth-order valence-electron chi connectivity index (χ4n) is 1.41. The molecule has 1 aromatic carbocycles. The summed E-state index contributed by atoms with van der Waals surface area (Å²) in [5, 5.41) is 16.9. The zero-order valence-electron chi connectivity index (χ0n) is 9.14. The van der Waals surface area contributed by atoms with Gasteiger partial charge in [0.25, 0.3) is 0 Å². The summed E-state index contributed by atoms with van der Waals surface area (Å²) >= 11 is 3.20. The molecule has 0 saturated heterocycles. The lowest BCUT2D eigenvalue weighted by molar-refractivity contribution is 0.194. The number of hydrogen-bond donors (Lipinski definition) is 1. The molecule has 90 valence electrons. The molecule has 0 radical (unpaired) electrons. The van der Waals surface area contributed by atoms with E-state index >= 15 is 0 Å². The monoisotopic (exact) mass is 299 g/mol. The molecule has 17 heavy (non-hydrogen) atoms. The van der Waals surface area contributed by atoms with Gasteiger partial charge in [-0.1, -0.05) is 27.2 Å². The highest BCUT2D eigenvalue weighted by molar-refractivity contribution is 9.10. The van der Waals surface area contributed by atoms with Gasteiger partial charge in [-0.05, 0) is 19.1 Å². The second-order valence-corrected chi connectivity index (χ2v) is 4.67. The molecule has 2 rings (SSSR count). The normalized spacial score (nSPS) is 12.7. The van der Waals surface area contributed by atoms with Crippen molar-refractivity contribution >= 4 is 15.9 Å². The van der Waals surface area contributed by atoms with E-state index in [0.29, 0.717) is 22.3 Å². The third kappa shape index (κ3) is 2.89. The first kappa shape index (κ1) is 12.2. The molecular formula is C11H11BrFN3O. The van der Waals surface area contributed by atoms with E-state index in [9.17, 15) is 9.50 Å². The number of benzene rings is 1. The molecule has 0 aliphatic carbocycles. The van der Waals surface area contributed by atoms with E-state index in [4.69, 9.17) is 0 Å². The predicted molar refractivity (Wildman–Crippen MR) is 63.9 cm³/mol. The van der Waals surface area contributed by atoms with Gasteiger partial charge in [0.1, 0.15) is 11.5 Å². The molecule has 0 saturated carbocycles. The van der Waals surface area contributed by atoms with Crippen molar-refractivity contribution < 1.29 is 9.50 Å². The summed E-state index contributed by atoms with van der Waals surface area (Å²) in [6, 6.07) is 4.86. The minimum atomic E-state index is -0.668. The minimum absolute atomic E-state index is 0.291. The molecule has 0 fully saturated rings. The minimum Gasteiger partial charge on any atom is -0.387 e. The third-order valence-electron chi connectivity index (χ3n) is 2.33. The average Bonchev–Trinajstić information content (AvgIpc) is 2.71. The molecule has 0 amide bonds. The van der Waals surface area contributed by atoms with Gasteiger partial charge in [-0.3, -0.25) is 0 Å². The van der Waals surface area contributed by atoms with Crippen LogP contribution in [0.15, 0.2) is 28.9 Å². The van der Waals surface area contributed by atoms with Crippen molar-refractivity contribution in [3.05, 3.63) is 45.9 Å². The second kappa shape index (κ2) is 4.93. The number of aliphatic hydroxyl groups is 1. The molecule has 1 aromatic heterocycles. The molecule has 0 aliphatic heterocycles. The summed E-state index contributed by atoms with van der Waals surface area (Å²) < 4.78 is 15.8. The van der Waals surface area contributed by atoms with Crippen LogP contribution in [0.3, 0.4) is 0 Å². The van der Waals surface area contributed by atoms with Crippen LogP contribution in [0.1, 0.15) is 24.3 Å². The van der Waals surface area contributed by atoms with E-state index in [1.165, 1.54) is 10.7 Å². The largest absolute Gasteiger partial charge is 0.387 e. The molecular weight excluding hydrogens is 289 g/mol. The molecule has 2 aromatic rings. The molecule has 4 nitrogen and oxygen atoms in total. The second-order valence-electron chi connectivity index (χ2n) is 3.75. The van der Waals surface area contributed by atoms with E-state index in [0.717, 1.165) is 0 Å². The van der Waals surface area contributed by atoms with Crippen LogP contribution < -0.4 is 0 Å². The fraction of sp³-hybridized carbons (Fsp3) is 0.273. The smallest absolute Gasteiger partial charge is 0.129 e. The quantitative estimate of drug-likeness (QED) is 0.946. The van der Waals surface area contributed by atoms with Gasteiger partial charge in [0, 0.05) is 10.0 Å². The van der Waals surface area contributed by atoms with Crippen molar-refractivity contribution in [2.75, 3.05) is 0 Å². The van der Waals surface area contributed by atoms with Crippen LogP contribution in [0.4, 0.5) is 4.39 Å². The molecule has 1 atom stereocenters. The Morgan fingerprint density at radius 3 is 2.88 bits per heavy atom. The number of hydrogen-bond acceptors (Lipinski definition) is 3. The van der Waals surface area contributed by atoms with Gasteiger partial charge in [0.2, 0.25) is 0 Å². The molecule has 6 heteroatoms. The van der Waals surface area contributed by atoms with Gasteiger partial charge in [0.15, 0.2) is 0 Å². The van der Waals surface area contributed by atoms with Gasteiger partial charge in [-0.2, -0.15) is 0 Å². The zero-order valence-corrected chi connectivity index (χ0v) is 10.7. The van der Waals surface area contributed by atoms with E-state index in [2.05, 4.69) is 26.2 Å². The van der Waals surface area contributed by atoms with E-state index in [-0.39, 0.29) is 5.82 Å². The third-order valence-corrected chi connectivity index (χ3v) is 2.83. The van der Waals surface area contributed by atoms with Gasteiger partial charge >= 0.3 is 0 Å². The topological polar surface area (TPSA) is 50.9 Å². The van der Waals surface area contributed by atoms with Crippen molar-refractivity contribution in [1.29, 1.82) is 0 Å². The average molecular weight is 300 g/mol. The summed E-state index contributed by atoms with van der Waals surface area (Å²) in [6.45, 7) is 1.90. The number of rotatable bonds is 3. The highest BCUT2D eigenvalue weighted by atomic mass is 79.9. The summed E-state index contributed by atoms with van der Waals surface area (Å²) in [5.41, 5.74) is 0.998. The maximum Gasteiger partial charge on any atom is 0.129 e. The van der Waals surface area contributed by atoms with Gasteiger partial charge in [-0.25, -0.2) is 9.07 Å². The lowest BCUT2D eigenvalue weighted by atomic mass is 10.2. The number of aliphatic hydroxyl groups excluding tert-OH is 1. The van der Waals surface area contributed by atoms with Gasteiger partial charge in [0.05, 0.1) is 18.8 Å². The summed E-state index contributed by atoms with van der Waals surface area (Å²) in [6.07, 6.45) is 0.935. The van der Waals surface area contributed by atoms with Crippen LogP contribution in [0.25, 0.3) is 0 Å². The standard InChI is InChI=1S/C11H11BrFN3O/c1-7(17)11-6-16(15-14-11)5-8-2-3-9(12)4-10(8)13/h2-4,6-7,17H,5H2,1H3. The van der Waals surface area contributed by atoms with E-state index < -0.39 is 6.10 Å². The number of aromatic nitrogens is 3. The lowest BCUT2D eigenvalue weighted by Gasteiger charge is -2.03. The van der Waals surface area contributed by atoms with Crippen LogP contribution in [0.2, 0.25) is 0 Å². The van der Waals surface area contributed by atoms with Gasteiger partial charge in [-0.15, -0.1) is 5.10 Å². The van der Waals surface area contributed by atoms with Crippen LogP contribution in [0, 0.1) is 5.82 Å². The Labute approximate surface area is 106 Å². The molecule has 0 bridgehead atoms. The van der Waals surface area contributed by atoms with Crippen LogP contribution in [-0.2, 0) is 6.54 Å². The van der Waals surface area contributed by atoms with E-state index in [1.54, 1.807) is 25.3 Å². The van der Waals surface area contributed by atoms with Crippen molar-refractivity contribution in [3.63, 3.8) is 0 Å². The summed E-state index contributed by atoms with van der Waals surface area (Å²) in [7, 11) is 0. The van der Waals surface area contributed by atoms with Crippen LogP contribution in [-0.4, -0.2) is 20.1 Å². The van der Waals surface area contributed by atoms with Crippen molar-refractivity contribution in [2.45, 2.75) is 19.6 Å². The summed E-state index contributed by atoms with van der Waals surface area (Å²) in [4.78, 5) is 0. The zero-order chi connectivity index (χ0) is 12.4.